The van der Waals surface area contributed by atoms with E-state index in [1.54, 1.807) is 48.7 Å². The lowest BCUT2D eigenvalue weighted by molar-refractivity contribution is -0.115. The number of benzene rings is 2. The fourth-order valence-corrected chi connectivity index (χ4v) is 3.33. The quantitative estimate of drug-likeness (QED) is 0.712. The number of halogens is 1. The minimum Gasteiger partial charge on any atom is -0.326 e. The number of carbonyl (C=O) groups excluding carboxylic acids is 2. The Labute approximate surface area is 153 Å². The molecule has 0 saturated heterocycles. The number of nitrogens with one attached hydrogen (secondary N) is 2. The van der Waals surface area contributed by atoms with Gasteiger partial charge in [-0.15, -0.1) is 11.3 Å². The fraction of sp³-hybridized carbons (Fsp3) is 0.105. The third kappa shape index (κ3) is 4.52. The molecule has 5 nitrogen and oxygen atoms in total. The number of rotatable bonds is 5. The molecule has 132 valence electrons. The largest absolute Gasteiger partial charge is 0.326 e. The molecule has 0 unspecified atom stereocenters. The van der Waals surface area contributed by atoms with Gasteiger partial charge in [0, 0.05) is 34.9 Å². The Kier molecular flexibility index (Phi) is 5.38. The molecule has 1 heterocycles. The Hall–Kier alpha value is -3.06. The summed E-state index contributed by atoms with van der Waals surface area (Å²) in [5, 5.41) is 5.98. The zero-order chi connectivity index (χ0) is 18.5. The lowest BCUT2D eigenvalue weighted by atomic mass is 10.2. The molecule has 7 heteroatoms. The molecule has 2 N–H and O–H groups in total. The summed E-state index contributed by atoms with van der Waals surface area (Å²) < 4.78 is 13.8. The van der Waals surface area contributed by atoms with Crippen molar-refractivity contribution in [3.63, 3.8) is 0 Å². The number of hydrogen-bond acceptors (Lipinski definition) is 4. The summed E-state index contributed by atoms with van der Waals surface area (Å²) in [5.74, 6) is -0.736. The Morgan fingerprint density at radius 1 is 1.08 bits per heavy atom. The normalized spacial score (nSPS) is 10.4. The topological polar surface area (TPSA) is 71.1 Å². The second kappa shape index (κ2) is 7.88. The van der Waals surface area contributed by atoms with E-state index in [2.05, 4.69) is 15.6 Å². The van der Waals surface area contributed by atoms with Crippen molar-refractivity contribution < 1.29 is 14.0 Å². The number of thiazole rings is 1. The van der Waals surface area contributed by atoms with Crippen LogP contribution in [0.25, 0.3) is 10.6 Å². The number of nitrogens with zero attached hydrogens (tertiary/aromatic N) is 1. The van der Waals surface area contributed by atoms with Gasteiger partial charge in [-0.1, -0.05) is 18.2 Å². The van der Waals surface area contributed by atoms with Crippen LogP contribution < -0.4 is 10.6 Å². The van der Waals surface area contributed by atoms with Crippen LogP contribution in [0.4, 0.5) is 15.8 Å². The minimum atomic E-state index is -0.340. The maximum Gasteiger partial charge on any atom is 0.229 e. The van der Waals surface area contributed by atoms with Gasteiger partial charge in [0.2, 0.25) is 11.8 Å². The Morgan fingerprint density at radius 2 is 1.81 bits per heavy atom. The van der Waals surface area contributed by atoms with E-state index in [0.717, 1.165) is 4.88 Å². The van der Waals surface area contributed by atoms with Gasteiger partial charge in [-0.05, 0) is 30.3 Å². The molecule has 0 aliphatic carbocycles. The maximum atomic E-state index is 13.8. The van der Waals surface area contributed by atoms with Gasteiger partial charge in [0.1, 0.15) is 10.8 Å². The first kappa shape index (κ1) is 17.8. The molecule has 0 atom stereocenters. The third-order valence-corrected chi connectivity index (χ3v) is 4.49. The molecule has 3 rings (SSSR count). The van der Waals surface area contributed by atoms with Crippen LogP contribution in [0.15, 0.2) is 54.7 Å². The Bertz CT molecular complexity index is 955. The smallest absolute Gasteiger partial charge is 0.229 e. The van der Waals surface area contributed by atoms with Crippen LogP contribution in [-0.4, -0.2) is 16.8 Å². The van der Waals surface area contributed by atoms with Gasteiger partial charge in [0.15, 0.2) is 0 Å². The van der Waals surface area contributed by atoms with Crippen LogP contribution in [-0.2, 0) is 16.0 Å². The molecule has 0 radical (unpaired) electrons. The van der Waals surface area contributed by atoms with E-state index >= 15 is 0 Å². The van der Waals surface area contributed by atoms with Gasteiger partial charge >= 0.3 is 0 Å². The van der Waals surface area contributed by atoms with Crippen molar-refractivity contribution in [2.24, 2.45) is 0 Å². The van der Waals surface area contributed by atoms with Crippen molar-refractivity contribution in [3.8, 4) is 10.6 Å². The van der Waals surface area contributed by atoms with Gasteiger partial charge in [-0.3, -0.25) is 9.59 Å². The van der Waals surface area contributed by atoms with Gasteiger partial charge in [-0.25, -0.2) is 9.37 Å². The predicted molar refractivity (Wildman–Crippen MR) is 101 cm³/mol. The van der Waals surface area contributed by atoms with Crippen molar-refractivity contribution in [2.75, 3.05) is 10.6 Å². The second-order valence-corrected chi connectivity index (χ2v) is 6.71. The van der Waals surface area contributed by atoms with E-state index in [-0.39, 0.29) is 24.1 Å². The number of anilines is 2. The standard InChI is InChI=1S/C19H16FN3O2S/c1-12(24)22-13-5-4-6-14(9-13)23-18(25)10-15-11-21-19(26-15)16-7-2-3-8-17(16)20/h2-9,11H,10H2,1H3,(H,22,24)(H,23,25). The number of carbonyl (C=O) groups is 2. The van der Waals surface area contributed by atoms with Crippen molar-refractivity contribution in [2.45, 2.75) is 13.3 Å². The van der Waals surface area contributed by atoms with Crippen molar-refractivity contribution in [1.29, 1.82) is 0 Å². The zero-order valence-electron chi connectivity index (χ0n) is 14.0. The van der Waals surface area contributed by atoms with Crippen molar-refractivity contribution >= 4 is 34.5 Å². The molecule has 1 aromatic heterocycles. The average Bonchev–Trinajstić information content (AvgIpc) is 3.03. The number of hydrogen-bond donors (Lipinski definition) is 2. The molecule has 2 aromatic carbocycles. The first-order valence-electron chi connectivity index (χ1n) is 7.88. The highest BCUT2D eigenvalue weighted by molar-refractivity contribution is 7.15. The van der Waals surface area contributed by atoms with Gasteiger partial charge < -0.3 is 10.6 Å². The number of amides is 2. The van der Waals surface area contributed by atoms with Crippen LogP contribution >= 0.6 is 11.3 Å². The highest BCUT2D eigenvalue weighted by atomic mass is 32.1. The molecule has 0 bridgehead atoms. The van der Waals surface area contributed by atoms with E-state index in [9.17, 15) is 14.0 Å². The molecular weight excluding hydrogens is 353 g/mol. The number of aromatic nitrogens is 1. The summed E-state index contributed by atoms with van der Waals surface area (Å²) in [6, 6.07) is 13.3. The first-order chi connectivity index (χ1) is 12.5. The van der Waals surface area contributed by atoms with Gasteiger partial charge in [0.05, 0.1) is 6.42 Å². The van der Waals surface area contributed by atoms with E-state index < -0.39 is 0 Å². The highest BCUT2D eigenvalue weighted by Gasteiger charge is 2.12. The monoisotopic (exact) mass is 369 g/mol. The molecule has 0 spiro atoms. The lowest BCUT2D eigenvalue weighted by Gasteiger charge is -2.07. The van der Waals surface area contributed by atoms with E-state index in [4.69, 9.17) is 0 Å². The fourth-order valence-electron chi connectivity index (χ4n) is 2.39. The summed E-state index contributed by atoms with van der Waals surface area (Å²) in [5.41, 5.74) is 1.61. The second-order valence-electron chi connectivity index (χ2n) is 5.60. The van der Waals surface area contributed by atoms with Crippen LogP contribution in [0.1, 0.15) is 11.8 Å². The minimum absolute atomic E-state index is 0.135. The van der Waals surface area contributed by atoms with Crippen LogP contribution in [0, 0.1) is 5.82 Å². The average molecular weight is 369 g/mol. The molecule has 2 amide bonds. The predicted octanol–water partition coefficient (Wildman–Crippen LogP) is 4.09. The zero-order valence-corrected chi connectivity index (χ0v) is 14.8. The molecule has 0 fully saturated rings. The summed E-state index contributed by atoms with van der Waals surface area (Å²) in [7, 11) is 0. The molecule has 0 aliphatic rings. The van der Waals surface area contributed by atoms with Gasteiger partial charge in [-0.2, -0.15) is 0 Å². The van der Waals surface area contributed by atoms with Crippen LogP contribution in [0.3, 0.4) is 0 Å². The van der Waals surface area contributed by atoms with E-state index in [0.29, 0.717) is 21.9 Å². The maximum absolute atomic E-state index is 13.8. The summed E-state index contributed by atoms with van der Waals surface area (Å²) in [6.07, 6.45) is 1.72. The molecule has 26 heavy (non-hydrogen) atoms. The van der Waals surface area contributed by atoms with Crippen LogP contribution in [0.5, 0.6) is 0 Å². The highest BCUT2D eigenvalue weighted by Crippen LogP contribution is 2.27. The van der Waals surface area contributed by atoms with Gasteiger partial charge in [0.25, 0.3) is 0 Å². The van der Waals surface area contributed by atoms with E-state index in [1.807, 2.05) is 0 Å². The third-order valence-electron chi connectivity index (χ3n) is 3.46. The summed E-state index contributed by atoms with van der Waals surface area (Å²) >= 11 is 1.28. The summed E-state index contributed by atoms with van der Waals surface area (Å²) in [6.45, 7) is 1.42. The lowest BCUT2D eigenvalue weighted by Crippen LogP contribution is -2.14. The molecule has 0 aliphatic heterocycles. The SMILES string of the molecule is CC(=O)Nc1cccc(NC(=O)Cc2cnc(-c3ccccc3F)s2)c1. The Balaban J connectivity index is 1.66. The van der Waals surface area contributed by atoms with E-state index in [1.165, 1.54) is 24.3 Å². The molecular formula is C19H16FN3O2S. The first-order valence-corrected chi connectivity index (χ1v) is 8.70. The molecule has 0 saturated carbocycles. The van der Waals surface area contributed by atoms with Crippen molar-refractivity contribution in [1.82, 2.24) is 4.98 Å². The Morgan fingerprint density at radius 3 is 2.54 bits per heavy atom. The van der Waals surface area contributed by atoms with Crippen molar-refractivity contribution in [3.05, 3.63) is 65.4 Å². The summed E-state index contributed by atoms with van der Waals surface area (Å²) in [4.78, 5) is 28.3. The molecule has 3 aromatic rings. The van der Waals surface area contributed by atoms with Crippen LogP contribution in [0.2, 0.25) is 0 Å².